The third-order valence-corrected chi connectivity index (χ3v) is 6.19. The molecule has 3 saturated heterocycles. The Kier molecular flexibility index (Phi) is 2.93. The van der Waals surface area contributed by atoms with Crippen molar-refractivity contribution in [2.24, 2.45) is 11.8 Å². The fourth-order valence-electron chi connectivity index (χ4n) is 4.09. The molecule has 0 saturated carbocycles. The lowest BCUT2D eigenvalue weighted by Crippen LogP contribution is -2.58. The quantitative estimate of drug-likeness (QED) is 0.685. The Morgan fingerprint density at radius 1 is 1.30 bits per heavy atom. The van der Waals surface area contributed by atoms with Gasteiger partial charge in [-0.15, -0.1) is 11.8 Å². The van der Waals surface area contributed by atoms with E-state index >= 15 is 0 Å². The molecule has 3 aliphatic heterocycles. The topological polar surface area (TPSA) is 40.6 Å². The molecule has 0 aliphatic carbocycles. The van der Waals surface area contributed by atoms with Gasteiger partial charge < -0.3 is 0 Å². The molecule has 112 valence electrons. The van der Waals surface area contributed by atoms with E-state index < -0.39 is 40.7 Å². The molecule has 4 atom stereocenters. The number of fused-ring (bicyclic) bond motifs is 3. The highest BCUT2D eigenvalue weighted by molar-refractivity contribution is 8.00. The monoisotopic (exact) mass is 308 g/mol. The summed E-state index contributed by atoms with van der Waals surface area (Å²) in [5.74, 6) is -3.30. The Balaban J connectivity index is 2.18. The third kappa shape index (κ3) is 1.39. The number of halogens is 3. The number of likely N-dealkylation sites (tertiary alicyclic amines) is 1. The highest BCUT2D eigenvalue weighted by atomic mass is 32.2. The van der Waals surface area contributed by atoms with Crippen LogP contribution >= 0.6 is 11.8 Å². The van der Waals surface area contributed by atoms with E-state index in [1.165, 1.54) is 18.2 Å². The minimum Gasteiger partial charge on any atom is -0.285 e. The summed E-state index contributed by atoms with van der Waals surface area (Å²) in [6.45, 7) is 0.294. The van der Waals surface area contributed by atoms with Crippen LogP contribution in [-0.4, -0.2) is 58.6 Å². The zero-order chi connectivity index (χ0) is 14.9. The molecule has 0 aromatic carbocycles. The van der Waals surface area contributed by atoms with Gasteiger partial charge in [0.1, 0.15) is 0 Å². The van der Waals surface area contributed by atoms with Crippen molar-refractivity contribution in [1.29, 1.82) is 0 Å². The zero-order valence-electron chi connectivity index (χ0n) is 11.1. The predicted molar refractivity (Wildman–Crippen MR) is 66.8 cm³/mol. The summed E-state index contributed by atoms with van der Waals surface area (Å²) in [6.07, 6.45) is -1.99. The fourth-order valence-corrected chi connectivity index (χ4v) is 5.28. The first-order chi connectivity index (χ1) is 9.27. The summed E-state index contributed by atoms with van der Waals surface area (Å²) < 4.78 is 41.3. The van der Waals surface area contributed by atoms with E-state index in [-0.39, 0.29) is 0 Å². The number of hydrogen-bond acceptors (Lipinski definition) is 4. The molecule has 0 aromatic heterocycles. The second-order valence-corrected chi connectivity index (χ2v) is 6.57. The van der Waals surface area contributed by atoms with Crippen molar-refractivity contribution in [1.82, 2.24) is 9.80 Å². The Labute approximate surface area is 118 Å². The van der Waals surface area contributed by atoms with Crippen LogP contribution in [0.4, 0.5) is 13.2 Å². The van der Waals surface area contributed by atoms with Crippen LogP contribution in [0.3, 0.4) is 0 Å². The number of hydrogen-bond donors (Lipinski definition) is 0. The van der Waals surface area contributed by atoms with Crippen molar-refractivity contribution in [3.63, 3.8) is 0 Å². The van der Waals surface area contributed by atoms with Gasteiger partial charge in [-0.25, -0.2) is 0 Å². The number of amides is 2. The fraction of sp³-hybridized carbons (Fsp3) is 0.833. The Morgan fingerprint density at radius 2 is 1.95 bits per heavy atom. The SMILES string of the molecule is CS[C@]1(C(F)(F)F)[C@H]2C(=O)N(C)C(=O)[C@H]2[C@H]2CCCN21. The van der Waals surface area contributed by atoms with Gasteiger partial charge in [-0.05, 0) is 19.1 Å². The average molecular weight is 308 g/mol. The van der Waals surface area contributed by atoms with Gasteiger partial charge in [0.15, 0.2) is 4.87 Å². The number of imide groups is 1. The molecule has 3 fully saturated rings. The minimum atomic E-state index is -4.55. The summed E-state index contributed by atoms with van der Waals surface area (Å²) in [4.78, 5) is 24.4. The van der Waals surface area contributed by atoms with E-state index in [2.05, 4.69) is 0 Å². The summed E-state index contributed by atoms with van der Waals surface area (Å²) in [5, 5.41) is 0. The van der Waals surface area contributed by atoms with Gasteiger partial charge >= 0.3 is 6.18 Å². The zero-order valence-corrected chi connectivity index (χ0v) is 11.9. The summed E-state index contributed by atoms with van der Waals surface area (Å²) in [6, 6.07) is -0.463. The Hall–Kier alpha value is -0.760. The van der Waals surface area contributed by atoms with Gasteiger partial charge in [-0.1, -0.05) is 0 Å². The normalized spacial score (nSPS) is 41.5. The Bertz CT molecular complexity index is 484. The van der Waals surface area contributed by atoms with E-state index in [1.54, 1.807) is 0 Å². The molecule has 4 nitrogen and oxygen atoms in total. The number of carbonyl (C=O) groups is 2. The third-order valence-electron chi connectivity index (χ3n) is 4.85. The van der Waals surface area contributed by atoms with Gasteiger partial charge in [0, 0.05) is 19.6 Å². The molecule has 0 radical (unpaired) electrons. The molecule has 0 N–H and O–H groups in total. The lowest BCUT2D eigenvalue weighted by molar-refractivity contribution is -0.202. The number of nitrogens with zero attached hydrogens (tertiary/aromatic N) is 2. The van der Waals surface area contributed by atoms with Crippen molar-refractivity contribution in [3.8, 4) is 0 Å². The second kappa shape index (κ2) is 4.13. The molecule has 3 aliphatic rings. The molecule has 20 heavy (non-hydrogen) atoms. The van der Waals surface area contributed by atoms with Gasteiger partial charge in [0.25, 0.3) is 0 Å². The van der Waals surface area contributed by atoms with Crippen LogP contribution < -0.4 is 0 Å². The number of rotatable bonds is 1. The highest BCUT2D eigenvalue weighted by Crippen LogP contribution is 2.61. The smallest absolute Gasteiger partial charge is 0.285 e. The number of thioether (sulfide) groups is 1. The van der Waals surface area contributed by atoms with Gasteiger partial charge in [0.05, 0.1) is 11.8 Å². The molecular weight excluding hydrogens is 293 g/mol. The molecule has 3 heterocycles. The van der Waals surface area contributed by atoms with Crippen LogP contribution in [0.5, 0.6) is 0 Å². The van der Waals surface area contributed by atoms with Crippen LogP contribution in [0.2, 0.25) is 0 Å². The van der Waals surface area contributed by atoms with Gasteiger partial charge in [0.2, 0.25) is 11.8 Å². The number of alkyl halides is 3. The van der Waals surface area contributed by atoms with Gasteiger partial charge in [-0.3, -0.25) is 19.4 Å². The molecule has 0 bridgehead atoms. The molecular formula is C12H15F3N2O2S. The predicted octanol–water partition coefficient (Wildman–Crippen LogP) is 1.32. The van der Waals surface area contributed by atoms with E-state index in [0.717, 1.165) is 4.90 Å². The summed E-state index contributed by atoms with van der Waals surface area (Å²) >= 11 is 0.649. The minimum absolute atomic E-state index is 0.294. The van der Waals surface area contributed by atoms with Gasteiger partial charge in [-0.2, -0.15) is 13.2 Å². The highest BCUT2D eigenvalue weighted by Gasteiger charge is 2.77. The van der Waals surface area contributed by atoms with E-state index in [0.29, 0.717) is 31.1 Å². The first-order valence-corrected chi connectivity index (χ1v) is 7.70. The molecule has 0 unspecified atom stereocenters. The van der Waals surface area contributed by atoms with Crippen molar-refractivity contribution in [2.45, 2.75) is 29.9 Å². The van der Waals surface area contributed by atoms with Crippen molar-refractivity contribution < 1.29 is 22.8 Å². The van der Waals surface area contributed by atoms with Crippen LogP contribution in [0.1, 0.15) is 12.8 Å². The van der Waals surface area contributed by atoms with Crippen LogP contribution in [0.25, 0.3) is 0 Å². The standard InChI is InChI=1S/C12H15F3N2O2S/c1-16-9(18)7-6-4-3-5-17(6)11(20-2,12(13,14)15)8(7)10(16)19/h6-8H,3-5H2,1-2H3/t6-,7+,8-,11+/m1/s1. The Morgan fingerprint density at radius 3 is 2.50 bits per heavy atom. The average Bonchev–Trinajstić information content (AvgIpc) is 2.97. The molecule has 0 spiro atoms. The molecule has 8 heteroatoms. The van der Waals surface area contributed by atoms with E-state index in [1.807, 2.05) is 0 Å². The van der Waals surface area contributed by atoms with E-state index in [9.17, 15) is 22.8 Å². The number of carbonyl (C=O) groups excluding carboxylic acids is 2. The maximum absolute atomic E-state index is 13.8. The summed E-state index contributed by atoms with van der Waals surface area (Å²) in [5.41, 5.74) is 0. The van der Waals surface area contributed by atoms with Crippen LogP contribution in [-0.2, 0) is 9.59 Å². The molecule has 0 aromatic rings. The first-order valence-electron chi connectivity index (χ1n) is 6.47. The summed E-state index contributed by atoms with van der Waals surface area (Å²) in [7, 11) is 1.28. The lowest BCUT2D eigenvalue weighted by atomic mass is 9.87. The first kappa shape index (κ1) is 14.2. The van der Waals surface area contributed by atoms with Crippen molar-refractivity contribution in [2.75, 3.05) is 19.8 Å². The van der Waals surface area contributed by atoms with Crippen molar-refractivity contribution >= 4 is 23.6 Å². The maximum atomic E-state index is 13.8. The van der Waals surface area contributed by atoms with E-state index in [4.69, 9.17) is 0 Å². The van der Waals surface area contributed by atoms with Crippen molar-refractivity contribution in [3.05, 3.63) is 0 Å². The van der Waals surface area contributed by atoms with Crippen LogP contribution in [0, 0.1) is 11.8 Å². The molecule has 2 amide bonds. The molecule has 3 rings (SSSR count). The largest absolute Gasteiger partial charge is 0.417 e. The maximum Gasteiger partial charge on any atom is 0.417 e. The lowest BCUT2D eigenvalue weighted by Gasteiger charge is -2.41. The second-order valence-electron chi connectivity index (χ2n) is 5.54. The van der Waals surface area contributed by atoms with Crippen LogP contribution in [0.15, 0.2) is 0 Å².